The van der Waals surface area contributed by atoms with Crippen LogP contribution in [0.3, 0.4) is 0 Å². The van der Waals surface area contributed by atoms with Crippen LogP contribution in [0.5, 0.6) is 0 Å². The lowest BCUT2D eigenvalue weighted by atomic mass is 9.67. The lowest BCUT2D eigenvalue weighted by molar-refractivity contribution is -0.884. The molecule has 0 bridgehead atoms. The predicted molar refractivity (Wildman–Crippen MR) is 95.9 cm³/mol. The molecule has 0 aromatic heterocycles. The summed E-state index contributed by atoms with van der Waals surface area (Å²) < 4.78 is 0. The van der Waals surface area contributed by atoms with Crippen LogP contribution in [0.2, 0.25) is 0 Å². The van der Waals surface area contributed by atoms with Gasteiger partial charge in [-0.15, -0.1) is 0 Å². The van der Waals surface area contributed by atoms with E-state index in [0.717, 1.165) is 17.5 Å². The van der Waals surface area contributed by atoms with Gasteiger partial charge in [0.1, 0.15) is 5.78 Å². The highest BCUT2D eigenvalue weighted by molar-refractivity contribution is 5.93. The Hall–Kier alpha value is -1.93. The largest absolute Gasteiger partial charge is 0.338 e. The van der Waals surface area contributed by atoms with E-state index in [4.69, 9.17) is 0 Å². The van der Waals surface area contributed by atoms with Gasteiger partial charge in [0.2, 0.25) is 0 Å². The number of quaternary nitrogens is 1. The van der Waals surface area contributed by atoms with Gasteiger partial charge in [-0.2, -0.15) is 0 Å². The minimum atomic E-state index is -0.562. The Kier molecular flexibility index (Phi) is 5.73. The molecule has 2 rings (SSSR count). The third-order valence-corrected chi connectivity index (χ3v) is 4.93. The molecule has 0 aliphatic carbocycles. The number of nitrogens with one attached hydrogen (secondary N) is 1. The summed E-state index contributed by atoms with van der Waals surface area (Å²) in [5.41, 5.74) is 1.64. The van der Waals surface area contributed by atoms with Crippen molar-refractivity contribution in [1.29, 1.82) is 0 Å². The molecule has 0 saturated carbocycles. The number of Topliss-reactive ketones (excluding diaryl/α,β-unsaturated/α-hetero) is 1. The van der Waals surface area contributed by atoms with Crippen molar-refractivity contribution in [3.8, 4) is 0 Å². The molecule has 0 unspecified atom stereocenters. The zero-order valence-corrected chi connectivity index (χ0v) is 14.7. The zero-order valence-electron chi connectivity index (χ0n) is 14.7. The van der Waals surface area contributed by atoms with Crippen LogP contribution in [0.4, 0.5) is 0 Å². The quantitative estimate of drug-likeness (QED) is 0.834. The van der Waals surface area contributed by atoms with Crippen molar-refractivity contribution in [1.82, 2.24) is 0 Å². The van der Waals surface area contributed by atoms with Crippen molar-refractivity contribution in [2.24, 2.45) is 0 Å². The molecular weight excluding hydrogens is 282 g/mol. The van der Waals surface area contributed by atoms with E-state index >= 15 is 0 Å². The Labute approximate surface area is 140 Å². The summed E-state index contributed by atoms with van der Waals surface area (Å²) in [7, 11) is 4.31. The fraction of sp³-hybridized carbons (Fsp3) is 0.381. The highest BCUT2D eigenvalue weighted by atomic mass is 16.1. The van der Waals surface area contributed by atoms with E-state index in [1.54, 1.807) is 0 Å². The van der Waals surface area contributed by atoms with Gasteiger partial charge in [0, 0.05) is 12.8 Å². The molecular formula is C21H28NO+. The smallest absolute Gasteiger partial charge is 0.147 e. The SMILES string of the molecule is CCC(=O)C(C[C@@H](C)[NH+](C)C)(c1ccccc1)c1ccccc1. The summed E-state index contributed by atoms with van der Waals surface area (Å²) in [5, 5.41) is 0. The first-order valence-corrected chi connectivity index (χ1v) is 8.46. The second kappa shape index (κ2) is 7.56. The number of benzene rings is 2. The molecule has 0 amide bonds. The van der Waals surface area contributed by atoms with Gasteiger partial charge in [-0.3, -0.25) is 4.79 Å². The van der Waals surface area contributed by atoms with Gasteiger partial charge in [0.15, 0.2) is 0 Å². The first-order chi connectivity index (χ1) is 11.0. The monoisotopic (exact) mass is 310 g/mol. The van der Waals surface area contributed by atoms with Crippen molar-refractivity contribution in [3.63, 3.8) is 0 Å². The van der Waals surface area contributed by atoms with E-state index in [1.165, 1.54) is 4.90 Å². The lowest BCUT2D eigenvalue weighted by Gasteiger charge is -2.36. The van der Waals surface area contributed by atoms with Crippen LogP contribution in [0.1, 0.15) is 37.8 Å². The van der Waals surface area contributed by atoms with Crippen LogP contribution < -0.4 is 4.90 Å². The van der Waals surface area contributed by atoms with E-state index in [9.17, 15) is 4.79 Å². The number of carbonyl (C=O) groups excluding carboxylic acids is 1. The van der Waals surface area contributed by atoms with Gasteiger partial charge in [0.25, 0.3) is 0 Å². The number of carbonyl (C=O) groups is 1. The summed E-state index contributed by atoms with van der Waals surface area (Å²) in [6.07, 6.45) is 1.36. The molecule has 122 valence electrons. The molecule has 0 aliphatic heterocycles. The van der Waals surface area contributed by atoms with Crippen molar-refractivity contribution >= 4 is 5.78 Å². The number of rotatable bonds is 7. The van der Waals surface area contributed by atoms with E-state index in [0.29, 0.717) is 18.2 Å². The van der Waals surface area contributed by atoms with E-state index in [-0.39, 0.29) is 0 Å². The third kappa shape index (κ3) is 3.53. The first kappa shape index (κ1) is 17.4. The Morgan fingerprint density at radius 3 is 1.74 bits per heavy atom. The third-order valence-electron chi connectivity index (χ3n) is 4.93. The maximum absolute atomic E-state index is 13.2. The van der Waals surface area contributed by atoms with Crippen molar-refractivity contribution in [2.45, 2.75) is 38.1 Å². The molecule has 0 saturated heterocycles. The normalized spacial score (nSPS) is 13.1. The summed E-state index contributed by atoms with van der Waals surface area (Å²) in [6, 6.07) is 20.9. The second-order valence-corrected chi connectivity index (χ2v) is 6.60. The summed E-state index contributed by atoms with van der Waals surface area (Å²) in [6.45, 7) is 4.19. The molecule has 2 aromatic carbocycles. The minimum absolute atomic E-state index is 0.294. The Morgan fingerprint density at radius 1 is 0.957 bits per heavy atom. The number of hydrogen-bond donors (Lipinski definition) is 1. The van der Waals surface area contributed by atoms with E-state index in [2.05, 4.69) is 45.3 Å². The van der Waals surface area contributed by atoms with Gasteiger partial charge >= 0.3 is 0 Å². The Bertz CT molecular complexity index is 579. The molecule has 0 aliphatic rings. The Balaban J connectivity index is 2.66. The van der Waals surface area contributed by atoms with Crippen LogP contribution in [0.25, 0.3) is 0 Å². The Morgan fingerprint density at radius 2 is 1.39 bits per heavy atom. The lowest BCUT2D eigenvalue weighted by Crippen LogP contribution is -3.09. The molecule has 0 radical (unpaired) electrons. The van der Waals surface area contributed by atoms with Crippen LogP contribution in [-0.4, -0.2) is 25.9 Å². The average Bonchev–Trinajstić information content (AvgIpc) is 2.60. The van der Waals surface area contributed by atoms with Crippen molar-refractivity contribution in [2.75, 3.05) is 14.1 Å². The van der Waals surface area contributed by atoms with Gasteiger partial charge < -0.3 is 4.90 Å². The highest BCUT2D eigenvalue weighted by Gasteiger charge is 2.42. The highest BCUT2D eigenvalue weighted by Crippen LogP contribution is 2.38. The molecule has 0 spiro atoms. The molecule has 0 heterocycles. The standard InChI is InChI=1S/C21H27NO/c1-5-20(23)21(16-17(2)22(3)4,18-12-8-6-9-13-18)19-14-10-7-11-15-19/h6-15,17H,5,16H2,1-4H3/p+1/t17-/m1/s1. The fourth-order valence-corrected chi connectivity index (χ4v) is 3.25. The maximum atomic E-state index is 13.2. The van der Waals surface area contributed by atoms with Gasteiger partial charge in [-0.1, -0.05) is 67.6 Å². The molecule has 1 N–H and O–H groups in total. The topological polar surface area (TPSA) is 21.5 Å². The maximum Gasteiger partial charge on any atom is 0.147 e. The van der Waals surface area contributed by atoms with Crippen LogP contribution in [-0.2, 0) is 10.2 Å². The van der Waals surface area contributed by atoms with Crippen LogP contribution >= 0.6 is 0 Å². The fourth-order valence-electron chi connectivity index (χ4n) is 3.25. The average molecular weight is 310 g/mol. The van der Waals surface area contributed by atoms with Gasteiger partial charge in [0.05, 0.1) is 25.6 Å². The molecule has 2 nitrogen and oxygen atoms in total. The van der Waals surface area contributed by atoms with Crippen molar-refractivity contribution in [3.05, 3.63) is 71.8 Å². The number of hydrogen-bond acceptors (Lipinski definition) is 1. The minimum Gasteiger partial charge on any atom is -0.338 e. The molecule has 0 fully saturated rings. The van der Waals surface area contributed by atoms with Gasteiger partial charge in [-0.05, 0) is 18.1 Å². The predicted octanol–water partition coefficient (Wildman–Crippen LogP) is 2.87. The van der Waals surface area contributed by atoms with Crippen molar-refractivity contribution < 1.29 is 9.69 Å². The second-order valence-electron chi connectivity index (χ2n) is 6.60. The molecule has 1 atom stereocenters. The van der Waals surface area contributed by atoms with E-state index in [1.807, 2.05) is 43.3 Å². The van der Waals surface area contributed by atoms with Gasteiger partial charge in [-0.25, -0.2) is 0 Å². The number of ketones is 1. The zero-order chi connectivity index (χ0) is 16.9. The first-order valence-electron chi connectivity index (χ1n) is 8.46. The summed E-state index contributed by atoms with van der Waals surface area (Å²) in [4.78, 5) is 14.5. The molecule has 23 heavy (non-hydrogen) atoms. The van der Waals surface area contributed by atoms with Crippen LogP contribution in [0.15, 0.2) is 60.7 Å². The summed E-state index contributed by atoms with van der Waals surface area (Å²) >= 11 is 0. The summed E-state index contributed by atoms with van der Waals surface area (Å²) in [5.74, 6) is 0.294. The molecule has 2 heteroatoms. The van der Waals surface area contributed by atoms with E-state index < -0.39 is 5.41 Å². The van der Waals surface area contributed by atoms with Crippen LogP contribution in [0, 0.1) is 0 Å². The molecule has 2 aromatic rings.